The van der Waals surface area contributed by atoms with Crippen molar-refractivity contribution < 1.29 is 9.53 Å². The summed E-state index contributed by atoms with van der Waals surface area (Å²) in [6.07, 6.45) is 0.691. The topological polar surface area (TPSA) is 77.2 Å². The highest BCUT2D eigenvalue weighted by molar-refractivity contribution is 7.09. The van der Waals surface area contributed by atoms with Crippen molar-refractivity contribution in [2.24, 2.45) is 5.73 Å². The number of carbonyl (C=O) groups excluding carboxylic acids is 1. The standard InChI is InChI=1S/C20H21N3O2S/c1-25-18-10-6-5-9-15(18)12-22-19(24)17-13-26-20(23-17)16(21)11-14-7-3-2-4-8-14/h2-10,13,16H,11-12,21H2,1H3,(H,22,24). The summed E-state index contributed by atoms with van der Waals surface area (Å²) in [6, 6.07) is 17.4. The van der Waals surface area contributed by atoms with Gasteiger partial charge in [-0.2, -0.15) is 0 Å². The Morgan fingerprint density at radius 2 is 1.92 bits per heavy atom. The highest BCUT2D eigenvalue weighted by atomic mass is 32.1. The minimum Gasteiger partial charge on any atom is -0.496 e. The molecule has 1 heterocycles. The van der Waals surface area contributed by atoms with Gasteiger partial charge in [0.1, 0.15) is 16.5 Å². The Kier molecular flexibility index (Phi) is 5.99. The predicted molar refractivity (Wildman–Crippen MR) is 103 cm³/mol. The Labute approximate surface area is 156 Å². The Hall–Kier alpha value is -2.70. The maximum absolute atomic E-state index is 12.4. The summed E-state index contributed by atoms with van der Waals surface area (Å²) < 4.78 is 5.29. The van der Waals surface area contributed by atoms with Crippen molar-refractivity contribution in [3.8, 4) is 5.75 Å². The second-order valence-corrected chi connectivity index (χ2v) is 6.75. The molecule has 26 heavy (non-hydrogen) atoms. The lowest BCUT2D eigenvalue weighted by Crippen LogP contribution is -2.23. The second-order valence-electron chi connectivity index (χ2n) is 5.86. The second kappa shape index (κ2) is 8.60. The fourth-order valence-corrected chi connectivity index (χ4v) is 3.43. The Morgan fingerprint density at radius 3 is 2.69 bits per heavy atom. The lowest BCUT2D eigenvalue weighted by molar-refractivity contribution is 0.0946. The Bertz CT molecular complexity index is 864. The number of nitrogens with zero attached hydrogens (tertiary/aromatic N) is 1. The molecule has 0 fully saturated rings. The summed E-state index contributed by atoms with van der Waals surface area (Å²) >= 11 is 1.41. The van der Waals surface area contributed by atoms with Crippen molar-refractivity contribution in [2.45, 2.75) is 19.0 Å². The normalized spacial score (nSPS) is 11.8. The number of ether oxygens (including phenoxy) is 1. The molecule has 6 heteroatoms. The molecule has 3 N–H and O–H groups in total. The van der Waals surface area contributed by atoms with Gasteiger partial charge in [-0.05, 0) is 18.1 Å². The number of aromatic nitrogens is 1. The third-order valence-electron chi connectivity index (χ3n) is 4.00. The number of hydrogen-bond donors (Lipinski definition) is 2. The van der Waals surface area contributed by atoms with Gasteiger partial charge >= 0.3 is 0 Å². The number of nitrogens with one attached hydrogen (secondary N) is 1. The van der Waals surface area contributed by atoms with Crippen molar-refractivity contribution in [2.75, 3.05) is 7.11 Å². The molecule has 0 bridgehead atoms. The quantitative estimate of drug-likeness (QED) is 0.671. The van der Waals surface area contributed by atoms with Gasteiger partial charge in [0, 0.05) is 17.5 Å². The molecule has 0 radical (unpaired) electrons. The van der Waals surface area contributed by atoms with E-state index in [1.807, 2.05) is 54.6 Å². The van der Waals surface area contributed by atoms with Crippen LogP contribution in [0.15, 0.2) is 60.0 Å². The molecule has 1 amide bonds. The van der Waals surface area contributed by atoms with E-state index in [1.54, 1.807) is 12.5 Å². The molecule has 0 aliphatic carbocycles. The van der Waals surface area contributed by atoms with Crippen LogP contribution in [0.25, 0.3) is 0 Å². The third kappa shape index (κ3) is 4.47. The Balaban J connectivity index is 1.61. The number of hydrogen-bond acceptors (Lipinski definition) is 5. The van der Waals surface area contributed by atoms with Crippen LogP contribution in [0.4, 0.5) is 0 Å². The largest absolute Gasteiger partial charge is 0.496 e. The van der Waals surface area contributed by atoms with E-state index in [9.17, 15) is 4.79 Å². The Morgan fingerprint density at radius 1 is 1.19 bits per heavy atom. The van der Waals surface area contributed by atoms with Gasteiger partial charge in [-0.3, -0.25) is 4.79 Å². The molecule has 0 saturated carbocycles. The van der Waals surface area contributed by atoms with E-state index in [0.29, 0.717) is 18.7 Å². The summed E-state index contributed by atoms with van der Waals surface area (Å²) in [5.41, 5.74) is 8.70. The van der Waals surface area contributed by atoms with Gasteiger partial charge < -0.3 is 15.8 Å². The SMILES string of the molecule is COc1ccccc1CNC(=O)c1csc(C(N)Cc2ccccc2)n1. The molecule has 1 aromatic heterocycles. The van der Waals surface area contributed by atoms with E-state index in [2.05, 4.69) is 10.3 Å². The number of rotatable bonds is 7. The molecule has 0 aliphatic rings. The average molecular weight is 367 g/mol. The van der Waals surface area contributed by atoms with Crippen LogP contribution < -0.4 is 15.8 Å². The van der Waals surface area contributed by atoms with Crippen LogP contribution in [0.5, 0.6) is 5.75 Å². The van der Waals surface area contributed by atoms with E-state index in [1.165, 1.54) is 11.3 Å². The van der Waals surface area contributed by atoms with Crippen LogP contribution >= 0.6 is 11.3 Å². The number of benzene rings is 2. The van der Waals surface area contributed by atoms with E-state index in [0.717, 1.165) is 21.9 Å². The van der Waals surface area contributed by atoms with Crippen molar-refractivity contribution >= 4 is 17.2 Å². The van der Waals surface area contributed by atoms with Crippen molar-refractivity contribution in [1.29, 1.82) is 0 Å². The van der Waals surface area contributed by atoms with Gasteiger partial charge in [-0.25, -0.2) is 4.98 Å². The number of para-hydroxylation sites is 1. The molecule has 0 aliphatic heterocycles. The first kappa shape index (κ1) is 18.1. The highest BCUT2D eigenvalue weighted by Gasteiger charge is 2.16. The third-order valence-corrected chi connectivity index (χ3v) is 4.98. The molecule has 5 nitrogen and oxygen atoms in total. The van der Waals surface area contributed by atoms with E-state index < -0.39 is 0 Å². The maximum atomic E-state index is 12.4. The highest BCUT2D eigenvalue weighted by Crippen LogP contribution is 2.21. The molecule has 1 atom stereocenters. The smallest absolute Gasteiger partial charge is 0.271 e. The monoisotopic (exact) mass is 367 g/mol. The van der Waals surface area contributed by atoms with Crippen LogP contribution in [0.3, 0.4) is 0 Å². The molecule has 1 unspecified atom stereocenters. The molecule has 3 aromatic rings. The van der Waals surface area contributed by atoms with Crippen molar-refractivity contribution in [1.82, 2.24) is 10.3 Å². The van der Waals surface area contributed by atoms with Crippen LogP contribution in [-0.2, 0) is 13.0 Å². The van der Waals surface area contributed by atoms with Crippen LogP contribution in [-0.4, -0.2) is 18.0 Å². The first-order valence-corrected chi connectivity index (χ1v) is 9.20. The van der Waals surface area contributed by atoms with E-state index in [-0.39, 0.29) is 11.9 Å². The number of nitrogens with two attached hydrogens (primary N) is 1. The number of carbonyl (C=O) groups is 1. The van der Waals surface area contributed by atoms with Gasteiger partial charge in [0.25, 0.3) is 5.91 Å². The lowest BCUT2D eigenvalue weighted by Gasteiger charge is -2.09. The zero-order valence-electron chi connectivity index (χ0n) is 14.5. The van der Waals surface area contributed by atoms with Gasteiger partial charge in [-0.1, -0.05) is 48.5 Å². The first-order chi connectivity index (χ1) is 12.7. The molecule has 0 spiro atoms. The van der Waals surface area contributed by atoms with Crippen molar-refractivity contribution in [3.63, 3.8) is 0 Å². The number of thiazole rings is 1. The van der Waals surface area contributed by atoms with Gasteiger partial charge in [0.15, 0.2) is 0 Å². The van der Waals surface area contributed by atoms with Crippen LogP contribution in [0.2, 0.25) is 0 Å². The molecular weight excluding hydrogens is 346 g/mol. The summed E-state index contributed by atoms with van der Waals surface area (Å²) in [7, 11) is 1.61. The van der Waals surface area contributed by atoms with Crippen LogP contribution in [0.1, 0.15) is 32.7 Å². The summed E-state index contributed by atoms with van der Waals surface area (Å²) in [4.78, 5) is 16.8. The molecule has 3 rings (SSSR count). The van der Waals surface area contributed by atoms with Gasteiger partial charge in [-0.15, -0.1) is 11.3 Å². The van der Waals surface area contributed by atoms with Gasteiger partial charge in [0.05, 0.1) is 13.2 Å². The fraction of sp³-hybridized carbons (Fsp3) is 0.200. The molecule has 134 valence electrons. The summed E-state index contributed by atoms with van der Waals surface area (Å²) in [6.45, 7) is 0.381. The van der Waals surface area contributed by atoms with E-state index >= 15 is 0 Å². The lowest BCUT2D eigenvalue weighted by atomic mass is 10.1. The number of methoxy groups -OCH3 is 1. The summed E-state index contributed by atoms with van der Waals surface area (Å²) in [5.74, 6) is 0.530. The van der Waals surface area contributed by atoms with Crippen molar-refractivity contribution in [3.05, 3.63) is 81.8 Å². The number of amides is 1. The predicted octanol–water partition coefficient (Wildman–Crippen LogP) is 3.32. The zero-order chi connectivity index (χ0) is 18.4. The van der Waals surface area contributed by atoms with Crippen LogP contribution in [0, 0.1) is 0 Å². The molecule has 2 aromatic carbocycles. The first-order valence-electron chi connectivity index (χ1n) is 8.32. The molecule has 0 saturated heterocycles. The average Bonchev–Trinajstić information content (AvgIpc) is 3.17. The minimum absolute atomic E-state index is 0.217. The van der Waals surface area contributed by atoms with E-state index in [4.69, 9.17) is 10.5 Å². The molecular formula is C20H21N3O2S. The zero-order valence-corrected chi connectivity index (χ0v) is 15.3. The summed E-state index contributed by atoms with van der Waals surface area (Å²) in [5, 5.41) is 5.38. The van der Waals surface area contributed by atoms with Gasteiger partial charge in [0.2, 0.25) is 0 Å². The fourth-order valence-electron chi connectivity index (χ4n) is 2.63. The minimum atomic E-state index is -0.224. The maximum Gasteiger partial charge on any atom is 0.271 e.